The van der Waals surface area contributed by atoms with Crippen LogP contribution in [0.3, 0.4) is 0 Å². The van der Waals surface area contributed by atoms with E-state index in [0.29, 0.717) is 26.2 Å². The summed E-state index contributed by atoms with van der Waals surface area (Å²) in [5.41, 5.74) is 5.36. The molecule has 1 aliphatic heterocycles. The summed E-state index contributed by atoms with van der Waals surface area (Å²) in [6.45, 7) is 1.45. The number of piperazine rings is 1. The Kier molecular flexibility index (Phi) is 5.03. The normalized spacial score (nSPS) is 15.2. The first kappa shape index (κ1) is 16.0. The zero-order valence-corrected chi connectivity index (χ0v) is 12.6. The third-order valence-corrected chi connectivity index (χ3v) is 3.94. The lowest BCUT2D eigenvalue weighted by molar-refractivity contribution is -0.131. The summed E-state index contributed by atoms with van der Waals surface area (Å²) < 4.78 is 13.5. The van der Waals surface area contributed by atoms with Gasteiger partial charge in [-0.05, 0) is 12.1 Å². The van der Waals surface area contributed by atoms with Crippen molar-refractivity contribution in [3.8, 4) is 0 Å². The summed E-state index contributed by atoms with van der Waals surface area (Å²) in [4.78, 5) is 26.9. The smallest absolute Gasteiger partial charge is 0.255 e. The Hall–Kier alpha value is -1.37. The minimum atomic E-state index is -0.693. The number of nitrogens with zero attached hydrogens (tertiary/aromatic N) is 2. The maximum absolute atomic E-state index is 13.5. The van der Waals surface area contributed by atoms with Crippen LogP contribution >= 0.6 is 23.2 Å². The topological polar surface area (TPSA) is 66.6 Å². The molecule has 1 aliphatic rings. The molecule has 5 nitrogen and oxygen atoms in total. The fourth-order valence-electron chi connectivity index (χ4n) is 2.14. The predicted octanol–water partition coefficient (Wildman–Crippen LogP) is 1.38. The molecule has 0 saturated carbocycles. The minimum Gasteiger partial charge on any atom is -0.338 e. The molecule has 1 aromatic carbocycles. The van der Waals surface area contributed by atoms with E-state index in [2.05, 4.69) is 0 Å². The molecule has 0 unspecified atom stereocenters. The van der Waals surface area contributed by atoms with Gasteiger partial charge in [-0.25, -0.2) is 4.39 Å². The number of nitrogens with two attached hydrogens (primary N) is 1. The van der Waals surface area contributed by atoms with E-state index >= 15 is 0 Å². The fraction of sp³-hybridized carbons (Fsp3) is 0.385. The van der Waals surface area contributed by atoms with Crippen LogP contribution in [0.5, 0.6) is 0 Å². The van der Waals surface area contributed by atoms with E-state index in [9.17, 15) is 14.0 Å². The van der Waals surface area contributed by atoms with E-state index in [4.69, 9.17) is 28.9 Å². The van der Waals surface area contributed by atoms with Gasteiger partial charge in [0.15, 0.2) is 0 Å². The Labute approximate surface area is 131 Å². The molecule has 0 aromatic heterocycles. The first-order valence-corrected chi connectivity index (χ1v) is 7.11. The van der Waals surface area contributed by atoms with Crippen LogP contribution in [0.4, 0.5) is 4.39 Å². The molecule has 0 aliphatic carbocycles. The highest BCUT2D eigenvalue weighted by atomic mass is 35.5. The Morgan fingerprint density at radius 3 is 2.24 bits per heavy atom. The van der Waals surface area contributed by atoms with E-state index in [1.165, 1.54) is 11.0 Å². The Morgan fingerprint density at radius 1 is 1.10 bits per heavy atom. The minimum absolute atomic E-state index is 0.0534. The van der Waals surface area contributed by atoms with Gasteiger partial charge in [0.25, 0.3) is 5.91 Å². The number of rotatable bonds is 2. The van der Waals surface area contributed by atoms with Crippen LogP contribution in [-0.4, -0.2) is 54.3 Å². The molecular weight excluding hydrogens is 320 g/mol. The van der Waals surface area contributed by atoms with Crippen molar-refractivity contribution in [1.29, 1.82) is 0 Å². The quantitative estimate of drug-likeness (QED) is 0.831. The van der Waals surface area contributed by atoms with Gasteiger partial charge in [0, 0.05) is 26.2 Å². The van der Waals surface area contributed by atoms with Crippen molar-refractivity contribution in [2.24, 2.45) is 5.73 Å². The summed E-state index contributed by atoms with van der Waals surface area (Å²) in [5.74, 6) is -1.23. The molecule has 1 fully saturated rings. The van der Waals surface area contributed by atoms with Crippen molar-refractivity contribution in [3.05, 3.63) is 33.6 Å². The van der Waals surface area contributed by atoms with Gasteiger partial charge >= 0.3 is 0 Å². The van der Waals surface area contributed by atoms with Gasteiger partial charge in [-0.2, -0.15) is 0 Å². The van der Waals surface area contributed by atoms with E-state index in [0.717, 1.165) is 6.07 Å². The van der Waals surface area contributed by atoms with Crippen molar-refractivity contribution in [3.63, 3.8) is 0 Å². The standard InChI is InChI=1S/C13H14Cl2FN3O2/c14-9-6-10(15)11(16)5-8(9)13(21)19-3-1-18(2-4-19)12(20)7-17/h5-6H,1-4,7,17H2. The third kappa shape index (κ3) is 3.45. The predicted molar refractivity (Wildman–Crippen MR) is 78.0 cm³/mol. The Bertz CT molecular complexity index is 575. The lowest BCUT2D eigenvalue weighted by Gasteiger charge is -2.34. The van der Waals surface area contributed by atoms with E-state index in [1.54, 1.807) is 4.90 Å². The second kappa shape index (κ2) is 6.60. The van der Waals surface area contributed by atoms with Gasteiger partial charge in [-0.3, -0.25) is 9.59 Å². The monoisotopic (exact) mass is 333 g/mol. The largest absolute Gasteiger partial charge is 0.338 e. The molecule has 8 heteroatoms. The van der Waals surface area contributed by atoms with E-state index in [-0.39, 0.29) is 34.0 Å². The first-order valence-electron chi connectivity index (χ1n) is 6.35. The average molecular weight is 334 g/mol. The van der Waals surface area contributed by atoms with Crippen LogP contribution < -0.4 is 5.73 Å². The van der Waals surface area contributed by atoms with Crippen LogP contribution in [0.15, 0.2) is 12.1 Å². The molecule has 2 amide bonds. The molecule has 1 aromatic rings. The van der Waals surface area contributed by atoms with Crippen molar-refractivity contribution < 1.29 is 14.0 Å². The number of carbonyl (C=O) groups excluding carboxylic acids is 2. The molecule has 0 bridgehead atoms. The van der Waals surface area contributed by atoms with Gasteiger partial charge in [-0.1, -0.05) is 23.2 Å². The van der Waals surface area contributed by atoms with Crippen LogP contribution in [0.25, 0.3) is 0 Å². The SMILES string of the molecule is NCC(=O)N1CCN(C(=O)c2cc(F)c(Cl)cc2Cl)CC1. The summed E-state index contributed by atoms with van der Waals surface area (Å²) in [5, 5.41) is -0.0261. The highest BCUT2D eigenvalue weighted by molar-refractivity contribution is 6.36. The van der Waals surface area contributed by atoms with Crippen LogP contribution in [-0.2, 0) is 4.79 Å². The summed E-state index contributed by atoms with van der Waals surface area (Å²) in [7, 11) is 0. The summed E-state index contributed by atoms with van der Waals surface area (Å²) in [6, 6.07) is 2.24. The molecule has 114 valence electrons. The second-order valence-corrected chi connectivity index (χ2v) is 5.44. The molecule has 1 heterocycles. The van der Waals surface area contributed by atoms with Gasteiger partial charge in [0.05, 0.1) is 22.2 Å². The number of hydrogen-bond acceptors (Lipinski definition) is 3. The number of hydrogen-bond donors (Lipinski definition) is 1. The lowest BCUT2D eigenvalue weighted by atomic mass is 10.1. The van der Waals surface area contributed by atoms with Gasteiger partial charge in [0.2, 0.25) is 5.91 Å². The highest BCUT2D eigenvalue weighted by Crippen LogP contribution is 2.25. The molecule has 0 spiro atoms. The highest BCUT2D eigenvalue weighted by Gasteiger charge is 2.26. The van der Waals surface area contributed by atoms with E-state index in [1.807, 2.05) is 0 Å². The first-order chi connectivity index (χ1) is 9.93. The fourth-order valence-corrected chi connectivity index (χ4v) is 2.61. The van der Waals surface area contributed by atoms with Gasteiger partial charge in [-0.15, -0.1) is 0 Å². The lowest BCUT2D eigenvalue weighted by Crippen LogP contribution is -2.52. The van der Waals surface area contributed by atoms with Crippen molar-refractivity contribution in [2.45, 2.75) is 0 Å². The molecule has 2 N–H and O–H groups in total. The maximum Gasteiger partial charge on any atom is 0.255 e. The molecule has 0 radical (unpaired) electrons. The molecular formula is C13H14Cl2FN3O2. The van der Waals surface area contributed by atoms with Crippen molar-refractivity contribution in [2.75, 3.05) is 32.7 Å². The summed E-state index contributed by atoms with van der Waals surface area (Å²) in [6.07, 6.45) is 0. The maximum atomic E-state index is 13.5. The molecule has 1 saturated heterocycles. The third-order valence-electron chi connectivity index (χ3n) is 3.33. The number of carbonyl (C=O) groups is 2. The molecule has 2 rings (SSSR count). The van der Waals surface area contributed by atoms with Crippen LogP contribution in [0.1, 0.15) is 10.4 Å². The average Bonchev–Trinajstić information content (AvgIpc) is 2.49. The Morgan fingerprint density at radius 2 is 1.67 bits per heavy atom. The Balaban J connectivity index is 2.09. The van der Waals surface area contributed by atoms with E-state index < -0.39 is 5.82 Å². The molecule has 21 heavy (non-hydrogen) atoms. The van der Waals surface area contributed by atoms with Gasteiger partial charge < -0.3 is 15.5 Å². The number of amides is 2. The van der Waals surface area contributed by atoms with Crippen molar-refractivity contribution in [1.82, 2.24) is 9.80 Å². The number of halogens is 3. The zero-order chi connectivity index (χ0) is 15.6. The second-order valence-electron chi connectivity index (χ2n) is 4.62. The van der Waals surface area contributed by atoms with Gasteiger partial charge in [0.1, 0.15) is 5.82 Å². The zero-order valence-electron chi connectivity index (χ0n) is 11.1. The summed E-state index contributed by atoms with van der Waals surface area (Å²) >= 11 is 11.5. The van der Waals surface area contributed by atoms with Crippen LogP contribution in [0, 0.1) is 5.82 Å². The van der Waals surface area contributed by atoms with Crippen molar-refractivity contribution >= 4 is 35.0 Å². The van der Waals surface area contributed by atoms with Crippen LogP contribution in [0.2, 0.25) is 10.0 Å². The molecule has 0 atom stereocenters. The number of benzene rings is 1.